The van der Waals surface area contributed by atoms with E-state index < -0.39 is 0 Å². The maximum absolute atomic E-state index is 12.1. The minimum absolute atomic E-state index is 0.0392. The van der Waals surface area contributed by atoms with Gasteiger partial charge in [0.1, 0.15) is 6.61 Å². The molecule has 1 spiro atoms. The van der Waals surface area contributed by atoms with Gasteiger partial charge in [0.25, 0.3) is 0 Å². The summed E-state index contributed by atoms with van der Waals surface area (Å²) in [6.45, 7) is 4.88. The van der Waals surface area contributed by atoms with Gasteiger partial charge in [0.2, 0.25) is 5.91 Å². The minimum Gasteiger partial charge on any atom is -0.396 e. The summed E-state index contributed by atoms with van der Waals surface area (Å²) in [6, 6.07) is 10.6. The smallest absolute Gasteiger partial charge is 0.248 e. The molecule has 0 bridgehead atoms. The van der Waals surface area contributed by atoms with Crippen LogP contribution >= 0.6 is 0 Å². The molecule has 1 aromatic rings. The fourth-order valence-electron chi connectivity index (χ4n) is 4.46. The summed E-state index contributed by atoms with van der Waals surface area (Å²) in [4.78, 5) is 16.5. The Morgan fingerprint density at radius 3 is 2.52 bits per heavy atom. The van der Waals surface area contributed by atoms with Gasteiger partial charge in [-0.1, -0.05) is 30.3 Å². The molecule has 2 fully saturated rings. The molecule has 2 aliphatic rings. The number of aliphatic hydroxyl groups excluding tert-OH is 1. The molecular weight excluding hydrogens is 316 g/mol. The zero-order chi connectivity index (χ0) is 17.7. The Hall–Kier alpha value is -1.43. The molecule has 1 N–H and O–H groups in total. The van der Waals surface area contributed by atoms with Crippen LogP contribution in [0, 0.1) is 11.3 Å². The summed E-state index contributed by atoms with van der Waals surface area (Å²) in [5.41, 5.74) is 1.54. The van der Waals surface area contributed by atoms with Gasteiger partial charge in [-0.25, -0.2) is 0 Å². The SMILES string of the molecule is COCC(=O)N1CCC2(CCN(Cc3ccccc3)CC2)C(CO)C1. The second-order valence-corrected chi connectivity index (χ2v) is 7.53. The normalized spacial score (nSPS) is 23.8. The van der Waals surface area contributed by atoms with Gasteiger partial charge in [-0.2, -0.15) is 0 Å². The van der Waals surface area contributed by atoms with Crippen molar-refractivity contribution in [2.45, 2.75) is 25.8 Å². The number of nitrogens with zero attached hydrogens (tertiary/aromatic N) is 2. The van der Waals surface area contributed by atoms with Gasteiger partial charge in [0, 0.05) is 39.3 Å². The Labute approximate surface area is 150 Å². The third kappa shape index (κ3) is 4.22. The third-order valence-electron chi connectivity index (χ3n) is 6.13. The summed E-state index contributed by atoms with van der Waals surface area (Å²) in [5.74, 6) is 0.221. The van der Waals surface area contributed by atoms with Gasteiger partial charge in [-0.3, -0.25) is 9.69 Å². The minimum atomic E-state index is 0.0392. The zero-order valence-corrected chi connectivity index (χ0v) is 15.2. The number of carbonyl (C=O) groups excluding carboxylic acids is 1. The van der Waals surface area contributed by atoms with Crippen molar-refractivity contribution in [3.8, 4) is 0 Å². The lowest BCUT2D eigenvalue weighted by Crippen LogP contribution is -2.55. The molecule has 5 heteroatoms. The molecule has 1 unspecified atom stereocenters. The van der Waals surface area contributed by atoms with Crippen LogP contribution in [-0.2, 0) is 16.1 Å². The summed E-state index contributed by atoms with van der Waals surface area (Å²) < 4.78 is 4.97. The van der Waals surface area contributed by atoms with E-state index in [1.807, 2.05) is 4.90 Å². The molecule has 3 rings (SSSR count). The van der Waals surface area contributed by atoms with Gasteiger partial charge in [-0.15, -0.1) is 0 Å². The standard InChI is InChI=1S/C20H30N2O3/c1-25-16-19(24)22-12-9-20(18(14-22)15-23)7-10-21(11-8-20)13-17-5-3-2-4-6-17/h2-6,18,23H,7-16H2,1H3. The zero-order valence-electron chi connectivity index (χ0n) is 15.2. The molecule has 138 valence electrons. The molecule has 2 heterocycles. The van der Waals surface area contributed by atoms with Gasteiger partial charge in [0.05, 0.1) is 0 Å². The predicted molar refractivity (Wildman–Crippen MR) is 97.0 cm³/mol. The predicted octanol–water partition coefficient (Wildman–Crippen LogP) is 1.76. The molecule has 2 saturated heterocycles. The largest absolute Gasteiger partial charge is 0.396 e. The second kappa shape index (κ2) is 8.30. The van der Waals surface area contributed by atoms with E-state index in [1.165, 1.54) is 5.56 Å². The molecule has 25 heavy (non-hydrogen) atoms. The van der Waals surface area contributed by atoms with E-state index in [2.05, 4.69) is 35.2 Å². The second-order valence-electron chi connectivity index (χ2n) is 7.53. The van der Waals surface area contributed by atoms with Crippen LogP contribution in [0.15, 0.2) is 30.3 Å². The molecule has 1 atom stereocenters. The average molecular weight is 346 g/mol. The number of piperidine rings is 2. The quantitative estimate of drug-likeness (QED) is 0.883. The van der Waals surface area contributed by atoms with E-state index in [1.54, 1.807) is 7.11 Å². The van der Waals surface area contributed by atoms with Crippen LogP contribution in [0.25, 0.3) is 0 Å². The van der Waals surface area contributed by atoms with E-state index in [0.717, 1.165) is 45.4 Å². The molecule has 2 aliphatic heterocycles. The highest BCUT2D eigenvalue weighted by Gasteiger charge is 2.45. The molecular formula is C20H30N2O3. The van der Waals surface area contributed by atoms with Crippen LogP contribution in [-0.4, -0.2) is 67.3 Å². The number of ether oxygens (including phenoxy) is 1. The van der Waals surface area contributed by atoms with Crippen molar-refractivity contribution >= 4 is 5.91 Å². The number of methoxy groups -OCH3 is 1. The number of amides is 1. The summed E-state index contributed by atoms with van der Waals surface area (Å²) in [7, 11) is 1.55. The average Bonchev–Trinajstić information content (AvgIpc) is 2.65. The van der Waals surface area contributed by atoms with Gasteiger partial charge in [-0.05, 0) is 43.3 Å². The Bertz CT molecular complexity index is 555. The van der Waals surface area contributed by atoms with Gasteiger partial charge in [0.15, 0.2) is 0 Å². The molecule has 0 aromatic heterocycles. The van der Waals surface area contributed by atoms with Crippen LogP contribution < -0.4 is 0 Å². The topological polar surface area (TPSA) is 53.0 Å². The highest BCUT2D eigenvalue weighted by atomic mass is 16.5. The Balaban J connectivity index is 1.57. The van der Waals surface area contributed by atoms with Crippen LogP contribution in [0.1, 0.15) is 24.8 Å². The van der Waals surface area contributed by atoms with Crippen molar-refractivity contribution in [2.24, 2.45) is 11.3 Å². The van der Waals surface area contributed by atoms with E-state index in [0.29, 0.717) is 6.54 Å². The molecule has 1 aromatic carbocycles. The van der Waals surface area contributed by atoms with Crippen LogP contribution in [0.3, 0.4) is 0 Å². The summed E-state index contributed by atoms with van der Waals surface area (Å²) in [6.07, 6.45) is 3.21. The first-order chi connectivity index (χ1) is 12.2. The molecule has 0 saturated carbocycles. The number of rotatable bonds is 5. The van der Waals surface area contributed by atoms with Gasteiger partial charge < -0.3 is 14.7 Å². The van der Waals surface area contributed by atoms with E-state index in [4.69, 9.17) is 4.74 Å². The number of benzene rings is 1. The Kier molecular flexibility index (Phi) is 6.10. The van der Waals surface area contributed by atoms with Crippen LogP contribution in [0.5, 0.6) is 0 Å². The van der Waals surface area contributed by atoms with E-state index in [9.17, 15) is 9.90 Å². The fourth-order valence-corrected chi connectivity index (χ4v) is 4.46. The maximum Gasteiger partial charge on any atom is 0.248 e. The van der Waals surface area contributed by atoms with Crippen molar-refractivity contribution in [2.75, 3.05) is 46.5 Å². The Morgan fingerprint density at radius 2 is 1.88 bits per heavy atom. The monoisotopic (exact) mass is 346 g/mol. The highest BCUT2D eigenvalue weighted by molar-refractivity contribution is 5.77. The fraction of sp³-hybridized carbons (Fsp3) is 0.650. The van der Waals surface area contributed by atoms with Crippen molar-refractivity contribution in [3.63, 3.8) is 0 Å². The van der Waals surface area contributed by atoms with Crippen molar-refractivity contribution in [3.05, 3.63) is 35.9 Å². The lowest BCUT2D eigenvalue weighted by Gasteiger charge is -2.51. The molecule has 5 nitrogen and oxygen atoms in total. The lowest BCUT2D eigenvalue weighted by molar-refractivity contribution is -0.141. The molecule has 0 aliphatic carbocycles. The number of hydrogen-bond acceptors (Lipinski definition) is 4. The lowest BCUT2D eigenvalue weighted by atomic mass is 9.64. The number of hydrogen-bond donors (Lipinski definition) is 1. The first-order valence-corrected chi connectivity index (χ1v) is 9.31. The van der Waals surface area contributed by atoms with Crippen LogP contribution in [0.4, 0.5) is 0 Å². The number of carbonyl (C=O) groups is 1. The Morgan fingerprint density at radius 1 is 1.20 bits per heavy atom. The molecule has 1 amide bonds. The van der Waals surface area contributed by atoms with E-state index in [-0.39, 0.29) is 30.5 Å². The number of likely N-dealkylation sites (tertiary alicyclic amines) is 2. The maximum atomic E-state index is 12.1. The summed E-state index contributed by atoms with van der Waals surface area (Å²) in [5, 5.41) is 9.96. The molecule has 0 radical (unpaired) electrons. The van der Waals surface area contributed by atoms with Crippen molar-refractivity contribution in [1.82, 2.24) is 9.80 Å². The number of aliphatic hydroxyl groups is 1. The third-order valence-corrected chi connectivity index (χ3v) is 6.13. The summed E-state index contributed by atoms with van der Waals surface area (Å²) >= 11 is 0. The highest BCUT2D eigenvalue weighted by Crippen LogP contribution is 2.45. The van der Waals surface area contributed by atoms with Crippen molar-refractivity contribution < 1.29 is 14.6 Å². The first-order valence-electron chi connectivity index (χ1n) is 9.31. The van der Waals surface area contributed by atoms with E-state index >= 15 is 0 Å². The van der Waals surface area contributed by atoms with Crippen LogP contribution in [0.2, 0.25) is 0 Å². The first kappa shape index (κ1) is 18.4. The van der Waals surface area contributed by atoms with Gasteiger partial charge >= 0.3 is 0 Å². The van der Waals surface area contributed by atoms with Crippen molar-refractivity contribution in [1.29, 1.82) is 0 Å².